The van der Waals surface area contributed by atoms with Crippen molar-refractivity contribution in [3.05, 3.63) is 29.3 Å². The van der Waals surface area contributed by atoms with Gasteiger partial charge in [-0.3, -0.25) is 0 Å². The highest BCUT2D eigenvalue weighted by molar-refractivity contribution is 5.53. The van der Waals surface area contributed by atoms with Crippen LogP contribution in [0.2, 0.25) is 0 Å². The SMILES string of the molecule is Cc1cc(N2CC(C)OC(C)C2)ccc1C1(N)CCCCC1N. The summed E-state index contributed by atoms with van der Waals surface area (Å²) in [6.45, 7) is 8.33. The van der Waals surface area contributed by atoms with E-state index in [4.69, 9.17) is 16.2 Å². The van der Waals surface area contributed by atoms with Crippen molar-refractivity contribution in [3.8, 4) is 0 Å². The van der Waals surface area contributed by atoms with Crippen molar-refractivity contribution in [3.63, 3.8) is 0 Å². The Bertz CT molecular complexity index is 552. The second-order valence-electron chi connectivity index (χ2n) is 7.55. The first-order valence-electron chi connectivity index (χ1n) is 8.96. The Labute approximate surface area is 140 Å². The summed E-state index contributed by atoms with van der Waals surface area (Å²) in [5.74, 6) is 0. The van der Waals surface area contributed by atoms with Crippen molar-refractivity contribution in [2.45, 2.75) is 70.2 Å². The molecular formula is C19H31N3O. The van der Waals surface area contributed by atoms with Gasteiger partial charge in [-0.1, -0.05) is 18.9 Å². The zero-order valence-corrected chi connectivity index (χ0v) is 14.7. The van der Waals surface area contributed by atoms with Crippen molar-refractivity contribution >= 4 is 5.69 Å². The molecule has 0 bridgehead atoms. The van der Waals surface area contributed by atoms with E-state index in [1.165, 1.54) is 29.7 Å². The summed E-state index contributed by atoms with van der Waals surface area (Å²) in [6.07, 6.45) is 4.92. The number of rotatable bonds is 2. The van der Waals surface area contributed by atoms with Gasteiger partial charge in [0.25, 0.3) is 0 Å². The number of hydrogen-bond donors (Lipinski definition) is 2. The fraction of sp³-hybridized carbons (Fsp3) is 0.684. The first-order chi connectivity index (χ1) is 10.9. The molecule has 1 aromatic rings. The van der Waals surface area contributed by atoms with Gasteiger partial charge in [0.15, 0.2) is 0 Å². The predicted octanol–water partition coefficient (Wildman–Crippen LogP) is 2.66. The quantitative estimate of drug-likeness (QED) is 0.880. The van der Waals surface area contributed by atoms with Gasteiger partial charge in [0.1, 0.15) is 0 Å². The van der Waals surface area contributed by atoms with E-state index in [-0.39, 0.29) is 23.8 Å². The van der Waals surface area contributed by atoms with Gasteiger partial charge in [0, 0.05) is 24.8 Å². The lowest BCUT2D eigenvalue weighted by Crippen LogP contribution is -2.54. The van der Waals surface area contributed by atoms with Gasteiger partial charge >= 0.3 is 0 Å². The Hall–Kier alpha value is -1.10. The maximum atomic E-state index is 6.74. The molecule has 1 aromatic carbocycles. The maximum absolute atomic E-state index is 6.74. The van der Waals surface area contributed by atoms with Crippen LogP contribution in [0.15, 0.2) is 18.2 Å². The van der Waals surface area contributed by atoms with E-state index in [0.29, 0.717) is 0 Å². The monoisotopic (exact) mass is 317 g/mol. The molecule has 1 aliphatic heterocycles. The number of ether oxygens (including phenoxy) is 1. The van der Waals surface area contributed by atoms with Crippen LogP contribution in [0.4, 0.5) is 5.69 Å². The molecule has 4 atom stereocenters. The molecule has 2 fully saturated rings. The summed E-state index contributed by atoms with van der Waals surface area (Å²) in [4.78, 5) is 2.42. The molecule has 0 amide bonds. The molecule has 1 saturated heterocycles. The molecule has 4 nitrogen and oxygen atoms in total. The molecular weight excluding hydrogens is 286 g/mol. The summed E-state index contributed by atoms with van der Waals surface area (Å²) in [5.41, 5.74) is 16.5. The molecule has 128 valence electrons. The van der Waals surface area contributed by atoms with Gasteiger partial charge in [-0.05, 0) is 56.9 Å². The Kier molecular flexibility index (Phi) is 4.68. The molecule has 3 rings (SSSR count). The summed E-state index contributed by atoms with van der Waals surface area (Å²) in [6, 6.07) is 6.75. The number of anilines is 1. The fourth-order valence-corrected chi connectivity index (χ4v) is 4.31. The van der Waals surface area contributed by atoms with Gasteiger partial charge < -0.3 is 21.1 Å². The van der Waals surface area contributed by atoms with Gasteiger partial charge in [0.2, 0.25) is 0 Å². The van der Waals surface area contributed by atoms with E-state index in [9.17, 15) is 0 Å². The highest BCUT2D eigenvalue weighted by Crippen LogP contribution is 2.37. The summed E-state index contributed by atoms with van der Waals surface area (Å²) in [7, 11) is 0. The van der Waals surface area contributed by atoms with Crippen LogP contribution in [0.5, 0.6) is 0 Å². The zero-order valence-electron chi connectivity index (χ0n) is 14.7. The molecule has 1 saturated carbocycles. The summed E-state index contributed by atoms with van der Waals surface area (Å²) >= 11 is 0. The topological polar surface area (TPSA) is 64.5 Å². The Morgan fingerprint density at radius 3 is 2.48 bits per heavy atom. The van der Waals surface area contributed by atoms with E-state index >= 15 is 0 Å². The van der Waals surface area contributed by atoms with Gasteiger partial charge in [-0.2, -0.15) is 0 Å². The van der Waals surface area contributed by atoms with Gasteiger partial charge in [-0.15, -0.1) is 0 Å². The van der Waals surface area contributed by atoms with Crippen LogP contribution in [0.1, 0.15) is 50.7 Å². The maximum Gasteiger partial charge on any atom is 0.0726 e. The third kappa shape index (κ3) is 3.25. The van der Waals surface area contributed by atoms with Crippen molar-refractivity contribution < 1.29 is 4.74 Å². The molecule has 1 heterocycles. The highest BCUT2D eigenvalue weighted by Gasteiger charge is 2.37. The van der Waals surface area contributed by atoms with E-state index < -0.39 is 0 Å². The fourth-order valence-electron chi connectivity index (χ4n) is 4.31. The van der Waals surface area contributed by atoms with Crippen LogP contribution in [0.3, 0.4) is 0 Å². The van der Waals surface area contributed by atoms with E-state index in [1.54, 1.807) is 0 Å². The minimum absolute atomic E-state index is 0.0595. The average molecular weight is 317 g/mol. The van der Waals surface area contributed by atoms with Crippen LogP contribution in [-0.4, -0.2) is 31.3 Å². The predicted molar refractivity (Wildman–Crippen MR) is 95.7 cm³/mol. The molecule has 0 radical (unpaired) electrons. The van der Waals surface area contributed by atoms with Gasteiger partial charge in [0.05, 0.1) is 17.7 Å². The minimum atomic E-state index is -0.369. The second-order valence-corrected chi connectivity index (χ2v) is 7.55. The summed E-state index contributed by atoms with van der Waals surface area (Å²) < 4.78 is 5.84. The van der Waals surface area contributed by atoms with Crippen molar-refractivity contribution in [1.82, 2.24) is 0 Å². The zero-order chi connectivity index (χ0) is 16.6. The lowest BCUT2D eigenvalue weighted by atomic mass is 9.72. The number of nitrogens with two attached hydrogens (primary N) is 2. The normalized spacial score (nSPS) is 35.3. The van der Waals surface area contributed by atoms with Crippen LogP contribution >= 0.6 is 0 Å². The Morgan fingerprint density at radius 1 is 1.17 bits per heavy atom. The second kappa shape index (κ2) is 6.42. The average Bonchev–Trinajstić information content (AvgIpc) is 2.49. The molecule has 4 heteroatoms. The molecule has 0 aromatic heterocycles. The first-order valence-corrected chi connectivity index (χ1v) is 8.96. The van der Waals surface area contributed by atoms with Crippen LogP contribution in [0, 0.1) is 6.92 Å². The highest BCUT2D eigenvalue weighted by atomic mass is 16.5. The molecule has 4 N–H and O–H groups in total. The number of aryl methyl sites for hydroxylation is 1. The third-order valence-electron chi connectivity index (χ3n) is 5.51. The first kappa shape index (κ1) is 16.7. The van der Waals surface area contributed by atoms with E-state index in [0.717, 1.165) is 25.9 Å². The molecule has 1 aliphatic carbocycles. The van der Waals surface area contributed by atoms with Gasteiger partial charge in [-0.25, -0.2) is 0 Å². The molecule has 0 spiro atoms. The van der Waals surface area contributed by atoms with Crippen LogP contribution < -0.4 is 16.4 Å². The molecule has 23 heavy (non-hydrogen) atoms. The van der Waals surface area contributed by atoms with E-state index in [2.05, 4.69) is 43.9 Å². The largest absolute Gasteiger partial charge is 0.372 e. The number of benzene rings is 1. The number of nitrogens with zero attached hydrogens (tertiary/aromatic N) is 1. The van der Waals surface area contributed by atoms with Crippen molar-refractivity contribution in [2.75, 3.05) is 18.0 Å². The third-order valence-corrected chi connectivity index (χ3v) is 5.51. The van der Waals surface area contributed by atoms with Crippen molar-refractivity contribution in [2.24, 2.45) is 11.5 Å². The summed E-state index contributed by atoms with van der Waals surface area (Å²) in [5, 5.41) is 0. The van der Waals surface area contributed by atoms with Crippen LogP contribution in [-0.2, 0) is 10.3 Å². The Morgan fingerprint density at radius 2 is 1.87 bits per heavy atom. The number of morpholine rings is 1. The lowest BCUT2D eigenvalue weighted by molar-refractivity contribution is -0.00522. The number of hydrogen-bond acceptors (Lipinski definition) is 4. The van der Waals surface area contributed by atoms with Crippen molar-refractivity contribution in [1.29, 1.82) is 0 Å². The Balaban J connectivity index is 1.86. The minimum Gasteiger partial charge on any atom is -0.372 e. The van der Waals surface area contributed by atoms with Crippen LogP contribution in [0.25, 0.3) is 0 Å². The van der Waals surface area contributed by atoms with E-state index in [1.807, 2.05) is 0 Å². The smallest absolute Gasteiger partial charge is 0.0726 e. The molecule has 4 unspecified atom stereocenters. The lowest BCUT2D eigenvalue weighted by Gasteiger charge is -2.41. The molecule has 2 aliphatic rings. The standard InChI is InChI=1S/C19H31N3O/c1-13-10-16(22-11-14(2)23-15(3)12-22)7-8-17(13)19(21)9-5-4-6-18(19)20/h7-8,10,14-15,18H,4-6,9,11-12,20-21H2,1-3H3.